The lowest BCUT2D eigenvalue weighted by Crippen LogP contribution is -2.37. The number of alkyl halides is 3. The van der Waals surface area contributed by atoms with E-state index in [1.807, 2.05) is 0 Å². The molecule has 0 unspecified atom stereocenters. The van der Waals surface area contributed by atoms with Gasteiger partial charge in [0.15, 0.2) is 5.78 Å². The Kier molecular flexibility index (Phi) is 5.62. The molecule has 9 heteroatoms. The van der Waals surface area contributed by atoms with Gasteiger partial charge in [0.05, 0.1) is 4.90 Å². The Morgan fingerprint density at radius 3 is 2.48 bits per heavy atom. The van der Waals surface area contributed by atoms with E-state index in [0.717, 1.165) is 42.7 Å². The highest BCUT2D eigenvalue weighted by atomic mass is 32.2. The topological polar surface area (TPSA) is 63.7 Å². The van der Waals surface area contributed by atoms with Crippen LogP contribution < -0.4 is 4.74 Å². The van der Waals surface area contributed by atoms with Gasteiger partial charge >= 0.3 is 6.36 Å². The molecule has 1 heterocycles. The molecule has 27 heavy (non-hydrogen) atoms. The first kappa shape index (κ1) is 19.9. The van der Waals surface area contributed by atoms with Gasteiger partial charge in [0.1, 0.15) is 5.75 Å². The van der Waals surface area contributed by atoms with Crippen molar-refractivity contribution in [2.75, 3.05) is 13.1 Å². The van der Waals surface area contributed by atoms with E-state index in [9.17, 15) is 26.4 Å². The summed E-state index contributed by atoms with van der Waals surface area (Å²) >= 11 is 0. The fourth-order valence-corrected chi connectivity index (χ4v) is 4.53. The van der Waals surface area contributed by atoms with Crippen molar-refractivity contribution in [3.8, 4) is 5.75 Å². The second-order valence-corrected chi connectivity index (χ2v) is 8.82. The maximum Gasteiger partial charge on any atom is 0.573 e. The van der Waals surface area contributed by atoms with Crippen LogP contribution in [-0.4, -0.2) is 38.0 Å². The largest absolute Gasteiger partial charge is 0.573 e. The number of hydrogen-bond acceptors (Lipinski definition) is 4. The van der Waals surface area contributed by atoms with Crippen molar-refractivity contribution < 1.29 is 31.1 Å². The molecule has 1 aromatic carbocycles. The smallest absolute Gasteiger partial charge is 0.406 e. The molecule has 1 saturated heterocycles. The first-order valence-corrected chi connectivity index (χ1v) is 10.2. The lowest BCUT2D eigenvalue weighted by molar-refractivity contribution is -0.274. The molecule has 148 valence electrons. The van der Waals surface area contributed by atoms with Gasteiger partial charge in [-0.05, 0) is 61.9 Å². The van der Waals surface area contributed by atoms with E-state index in [-0.39, 0.29) is 17.2 Å². The Labute approximate surface area is 155 Å². The van der Waals surface area contributed by atoms with E-state index in [1.165, 1.54) is 4.31 Å². The van der Waals surface area contributed by atoms with Crippen molar-refractivity contribution in [1.29, 1.82) is 0 Å². The lowest BCUT2D eigenvalue weighted by Gasteiger charge is -2.28. The van der Waals surface area contributed by atoms with E-state index < -0.39 is 22.1 Å². The van der Waals surface area contributed by atoms with Gasteiger partial charge in [-0.25, -0.2) is 8.42 Å². The zero-order chi connectivity index (χ0) is 19.7. The highest BCUT2D eigenvalue weighted by Gasteiger charge is 2.32. The van der Waals surface area contributed by atoms with Crippen molar-refractivity contribution in [3.05, 3.63) is 35.9 Å². The molecule has 0 bridgehead atoms. The number of sulfonamides is 1. The van der Waals surface area contributed by atoms with Gasteiger partial charge in [0.2, 0.25) is 10.0 Å². The molecule has 1 aliphatic heterocycles. The van der Waals surface area contributed by atoms with Crippen LogP contribution in [0.4, 0.5) is 13.2 Å². The Morgan fingerprint density at radius 1 is 1.22 bits per heavy atom. The van der Waals surface area contributed by atoms with Crippen molar-refractivity contribution in [2.24, 2.45) is 5.92 Å². The average molecular weight is 403 g/mol. The summed E-state index contributed by atoms with van der Waals surface area (Å²) in [6.07, 6.45) is 0.641. The molecule has 5 nitrogen and oxygen atoms in total. The quantitative estimate of drug-likeness (QED) is 0.680. The highest BCUT2D eigenvalue weighted by Crippen LogP contribution is 2.33. The molecule has 0 atom stereocenters. The normalized spacial score (nSPS) is 20.6. The van der Waals surface area contributed by atoms with Gasteiger partial charge in [-0.1, -0.05) is 5.57 Å². The van der Waals surface area contributed by atoms with Crippen LogP contribution in [0.3, 0.4) is 0 Å². The van der Waals surface area contributed by atoms with Crippen LogP contribution in [0.1, 0.15) is 32.1 Å². The van der Waals surface area contributed by atoms with Gasteiger partial charge in [0, 0.05) is 19.5 Å². The van der Waals surface area contributed by atoms with Crippen LogP contribution >= 0.6 is 0 Å². The minimum Gasteiger partial charge on any atom is -0.406 e. The summed E-state index contributed by atoms with van der Waals surface area (Å²) in [5, 5.41) is 0. The molecule has 0 amide bonds. The minimum atomic E-state index is -4.83. The van der Waals surface area contributed by atoms with Crippen LogP contribution in [0.25, 0.3) is 0 Å². The highest BCUT2D eigenvalue weighted by molar-refractivity contribution is 7.89. The Bertz CT molecular complexity index is 827. The second-order valence-electron chi connectivity index (χ2n) is 6.88. The number of rotatable bonds is 6. The fraction of sp³-hybridized carbons (Fsp3) is 0.500. The van der Waals surface area contributed by atoms with Gasteiger partial charge in [-0.15, -0.1) is 13.2 Å². The number of benzene rings is 1. The van der Waals surface area contributed by atoms with E-state index in [1.54, 1.807) is 6.08 Å². The number of carbonyl (C=O) groups is 1. The standard InChI is InChI=1S/C18H20F3NO4S/c19-18(20,21)26-16-5-7-17(8-6-16)27(24,25)22-9-1-2-14(12-22)11-15(23)10-13-3-4-13/h5-8,11,13H,1-4,9-10,12H2/b14-11+. The van der Waals surface area contributed by atoms with Gasteiger partial charge in [-0.2, -0.15) is 4.31 Å². The third-order valence-electron chi connectivity index (χ3n) is 4.53. The zero-order valence-corrected chi connectivity index (χ0v) is 15.4. The third-order valence-corrected chi connectivity index (χ3v) is 6.39. The molecule has 2 aliphatic rings. The maximum absolute atomic E-state index is 12.8. The number of ether oxygens (including phenoxy) is 1. The molecule has 1 aliphatic carbocycles. The monoisotopic (exact) mass is 403 g/mol. The maximum atomic E-state index is 12.8. The summed E-state index contributed by atoms with van der Waals surface area (Å²) in [5.74, 6) is 0.0157. The molecule has 0 aromatic heterocycles. The van der Waals surface area contributed by atoms with Crippen LogP contribution in [0.5, 0.6) is 5.75 Å². The molecule has 0 radical (unpaired) electrons. The van der Waals surface area contributed by atoms with Gasteiger partial charge in [-0.3, -0.25) is 4.79 Å². The fourth-order valence-electron chi connectivity index (χ4n) is 3.05. The number of hydrogen-bond donors (Lipinski definition) is 0. The van der Waals surface area contributed by atoms with Crippen molar-refractivity contribution in [2.45, 2.75) is 43.4 Å². The van der Waals surface area contributed by atoms with E-state index in [4.69, 9.17) is 0 Å². The summed E-state index contributed by atoms with van der Waals surface area (Å²) in [7, 11) is -3.86. The molecule has 1 aromatic rings. The summed E-state index contributed by atoms with van der Waals surface area (Å²) in [4.78, 5) is 11.9. The molecular formula is C18H20F3NO4S. The predicted octanol–water partition coefficient (Wildman–Crippen LogP) is 3.67. The van der Waals surface area contributed by atoms with E-state index in [0.29, 0.717) is 31.7 Å². The molecule has 3 rings (SSSR count). The molecule has 0 N–H and O–H groups in total. The number of halogens is 3. The molecular weight excluding hydrogens is 383 g/mol. The lowest BCUT2D eigenvalue weighted by atomic mass is 10.0. The van der Waals surface area contributed by atoms with Crippen LogP contribution in [-0.2, 0) is 14.8 Å². The summed E-state index contributed by atoms with van der Waals surface area (Å²) < 4.78 is 67.2. The minimum absolute atomic E-state index is 0.0281. The summed E-state index contributed by atoms with van der Waals surface area (Å²) in [5.41, 5.74) is 0.771. The Hall–Kier alpha value is -1.87. The van der Waals surface area contributed by atoms with Gasteiger partial charge in [0.25, 0.3) is 0 Å². The van der Waals surface area contributed by atoms with Crippen molar-refractivity contribution in [1.82, 2.24) is 4.31 Å². The van der Waals surface area contributed by atoms with Crippen molar-refractivity contribution in [3.63, 3.8) is 0 Å². The summed E-state index contributed by atoms with van der Waals surface area (Å²) in [6.45, 7) is 0.427. The van der Waals surface area contributed by atoms with E-state index in [2.05, 4.69) is 4.74 Å². The second kappa shape index (κ2) is 7.63. The first-order valence-electron chi connectivity index (χ1n) is 8.72. The van der Waals surface area contributed by atoms with Crippen LogP contribution in [0.2, 0.25) is 0 Å². The number of nitrogens with zero attached hydrogens (tertiary/aromatic N) is 1. The average Bonchev–Trinajstić information content (AvgIpc) is 3.38. The summed E-state index contributed by atoms with van der Waals surface area (Å²) in [6, 6.07) is 4.12. The number of ketones is 1. The van der Waals surface area contributed by atoms with Gasteiger partial charge < -0.3 is 4.74 Å². The SMILES string of the molecule is O=C(/C=C1\CCCN(S(=O)(=O)c2ccc(OC(F)(F)F)cc2)C1)CC1CC1. The Morgan fingerprint density at radius 2 is 1.89 bits per heavy atom. The predicted molar refractivity (Wildman–Crippen MR) is 91.5 cm³/mol. The van der Waals surface area contributed by atoms with Crippen LogP contribution in [0.15, 0.2) is 40.8 Å². The zero-order valence-electron chi connectivity index (χ0n) is 14.5. The van der Waals surface area contributed by atoms with Crippen LogP contribution in [0, 0.1) is 5.92 Å². The van der Waals surface area contributed by atoms with E-state index >= 15 is 0 Å². The third kappa shape index (κ3) is 5.55. The molecule has 2 fully saturated rings. The number of carbonyl (C=O) groups excluding carboxylic acids is 1. The first-order chi connectivity index (χ1) is 12.6. The molecule has 1 saturated carbocycles. The number of piperidine rings is 1. The number of allylic oxidation sites excluding steroid dienone is 1. The Balaban J connectivity index is 1.69. The molecule has 0 spiro atoms. The van der Waals surface area contributed by atoms with Crippen molar-refractivity contribution >= 4 is 15.8 Å².